The molecule has 0 spiro atoms. The highest BCUT2D eigenvalue weighted by Crippen LogP contribution is 2.48. The molecule has 0 aromatic carbocycles. The zero-order valence-corrected chi connectivity index (χ0v) is 11.2. The van der Waals surface area contributed by atoms with Crippen LogP contribution < -0.4 is 5.32 Å². The zero-order valence-electron chi connectivity index (χ0n) is 11.2. The van der Waals surface area contributed by atoms with Crippen molar-refractivity contribution >= 4 is 0 Å². The molecule has 2 N–H and O–H groups in total. The molecule has 0 unspecified atom stereocenters. The van der Waals surface area contributed by atoms with E-state index >= 15 is 0 Å². The summed E-state index contributed by atoms with van der Waals surface area (Å²) in [5.74, 6) is 1.83. The highest BCUT2D eigenvalue weighted by atomic mass is 15.3. The minimum atomic E-state index is 0.823. The lowest BCUT2D eigenvalue weighted by atomic mass is 9.82. The highest BCUT2D eigenvalue weighted by molar-refractivity contribution is 5.24. The average Bonchev–Trinajstić information content (AvgIpc) is 3.07. The van der Waals surface area contributed by atoms with E-state index in [1.807, 2.05) is 0 Å². The van der Waals surface area contributed by atoms with Gasteiger partial charge in [-0.25, -0.2) is 0 Å². The second kappa shape index (κ2) is 3.81. The Bertz CT molecular complexity index is 429. The molecule has 4 nitrogen and oxygen atoms in total. The molecule has 4 atom stereocenters. The molecular formula is C14H22N4. The second-order valence-corrected chi connectivity index (χ2v) is 6.28. The van der Waals surface area contributed by atoms with Gasteiger partial charge < -0.3 is 5.32 Å². The summed E-state index contributed by atoms with van der Waals surface area (Å²) in [7, 11) is 0. The van der Waals surface area contributed by atoms with Gasteiger partial charge in [0.2, 0.25) is 0 Å². The van der Waals surface area contributed by atoms with Gasteiger partial charge in [-0.1, -0.05) is 0 Å². The molecule has 4 heteroatoms. The van der Waals surface area contributed by atoms with E-state index in [9.17, 15) is 0 Å². The minimum absolute atomic E-state index is 0.823. The third-order valence-electron chi connectivity index (χ3n) is 5.53. The third kappa shape index (κ3) is 1.36. The second-order valence-electron chi connectivity index (χ2n) is 6.28. The van der Waals surface area contributed by atoms with Crippen molar-refractivity contribution in [2.75, 3.05) is 13.1 Å². The van der Waals surface area contributed by atoms with E-state index in [4.69, 9.17) is 0 Å². The normalized spacial score (nSPS) is 38.6. The molecule has 3 fully saturated rings. The maximum absolute atomic E-state index is 4.34. The molecule has 18 heavy (non-hydrogen) atoms. The van der Waals surface area contributed by atoms with E-state index in [2.05, 4.69) is 34.3 Å². The van der Waals surface area contributed by atoms with Crippen LogP contribution in [0.5, 0.6) is 0 Å². The van der Waals surface area contributed by atoms with E-state index < -0.39 is 0 Å². The van der Waals surface area contributed by atoms with E-state index in [1.165, 1.54) is 42.9 Å². The molecule has 3 saturated heterocycles. The Balaban J connectivity index is 1.60. The van der Waals surface area contributed by atoms with Gasteiger partial charge in [0.15, 0.2) is 0 Å². The van der Waals surface area contributed by atoms with Crippen molar-refractivity contribution in [1.82, 2.24) is 20.4 Å². The molecule has 1 aromatic heterocycles. The maximum atomic E-state index is 4.34. The Kier molecular flexibility index (Phi) is 2.33. The first-order chi connectivity index (χ1) is 8.75. The molecule has 0 radical (unpaired) electrons. The Labute approximate surface area is 108 Å². The smallest absolute Gasteiger partial charge is 0.0639 e. The number of nitrogens with zero attached hydrogens (tertiary/aromatic N) is 2. The minimum Gasteiger partial charge on any atom is -0.316 e. The standard InChI is InChI=1S/C14H22N4/c1-8-12(9(2)17-16-8)7-18-13-3-4-14(18)11-6-15-5-10(11)13/h10-11,13-15H,3-7H2,1-2H3,(H,16,17)/t10-,11+,13-,14+. The van der Waals surface area contributed by atoms with Crippen LogP contribution in [0.25, 0.3) is 0 Å². The monoisotopic (exact) mass is 246 g/mol. The molecule has 3 aliphatic rings. The lowest BCUT2D eigenvalue weighted by Crippen LogP contribution is -2.34. The summed E-state index contributed by atoms with van der Waals surface area (Å²) in [6.45, 7) is 7.86. The quantitative estimate of drug-likeness (QED) is 0.824. The molecular weight excluding hydrogens is 224 g/mol. The van der Waals surface area contributed by atoms with Crippen LogP contribution in [-0.4, -0.2) is 40.3 Å². The van der Waals surface area contributed by atoms with Crippen molar-refractivity contribution in [2.45, 2.75) is 45.3 Å². The van der Waals surface area contributed by atoms with Crippen molar-refractivity contribution < 1.29 is 0 Å². The molecule has 2 bridgehead atoms. The molecule has 0 saturated carbocycles. The van der Waals surface area contributed by atoms with Crippen LogP contribution in [0.3, 0.4) is 0 Å². The highest BCUT2D eigenvalue weighted by Gasteiger charge is 2.54. The summed E-state index contributed by atoms with van der Waals surface area (Å²) in [6.07, 6.45) is 2.81. The summed E-state index contributed by atoms with van der Waals surface area (Å²) in [5.41, 5.74) is 3.86. The van der Waals surface area contributed by atoms with Crippen LogP contribution in [0.4, 0.5) is 0 Å². The number of rotatable bonds is 2. The number of hydrogen-bond acceptors (Lipinski definition) is 3. The Hall–Kier alpha value is -0.870. The van der Waals surface area contributed by atoms with Gasteiger partial charge in [-0.05, 0) is 51.6 Å². The van der Waals surface area contributed by atoms with Crippen LogP contribution in [0.15, 0.2) is 0 Å². The van der Waals surface area contributed by atoms with Gasteiger partial charge in [0.25, 0.3) is 0 Å². The first-order valence-corrected chi connectivity index (χ1v) is 7.22. The Morgan fingerprint density at radius 2 is 1.83 bits per heavy atom. The van der Waals surface area contributed by atoms with Crippen molar-refractivity contribution in [3.8, 4) is 0 Å². The molecule has 4 heterocycles. The largest absolute Gasteiger partial charge is 0.316 e. The Morgan fingerprint density at radius 1 is 1.17 bits per heavy atom. The number of hydrogen-bond donors (Lipinski definition) is 2. The van der Waals surface area contributed by atoms with Gasteiger partial charge in [0, 0.05) is 29.9 Å². The van der Waals surface area contributed by atoms with E-state index in [-0.39, 0.29) is 0 Å². The lowest BCUT2D eigenvalue weighted by Gasteiger charge is -2.24. The topological polar surface area (TPSA) is 44.0 Å². The van der Waals surface area contributed by atoms with Crippen LogP contribution in [-0.2, 0) is 6.54 Å². The van der Waals surface area contributed by atoms with Crippen molar-refractivity contribution in [3.05, 3.63) is 17.0 Å². The first kappa shape index (κ1) is 11.0. The van der Waals surface area contributed by atoms with Crippen molar-refractivity contribution in [3.63, 3.8) is 0 Å². The number of H-pyrrole nitrogens is 1. The number of fused-ring (bicyclic) bond motifs is 5. The lowest BCUT2D eigenvalue weighted by molar-refractivity contribution is 0.218. The molecule has 98 valence electrons. The molecule has 0 amide bonds. The van der Waals surface area contributed by atoms with Gasteiger partial charge in [-0.2, -0.15) is 5.10 Å². The van der Waals surface area contributed by atoms with Crippen LogP contribution in [0.1, 0.15) is 29.8 Å². The summed E-state index contributed by atoms with van der Waals surface area (Å²) < 4.78 is 0. The molecule has 4 rings (SSSR count). The molecule has 3 aliphatic heterocycles. The average molecular weight is 246 g/mol. The summed E-state index contributed by atoms with van der Waals surface area (Å²) >= 11 is 0. The molecule has 0 aliphatic carbocycles. The van der Waals surface area contributed by atoms with Gasteiger partial charge in [0.05, 0.1) is 5.69 Å². The maximum Gasteiger partial charge on any atom is 0.0639 e. The van der Waals surface area contributed by atoms with Gasteiger partial charge in [-0.3, -0.25) is 10.00 Å². The van der Waals surface area contributed by atoms with Crippen LogP contribution in [0, 0.1) is 25.7 Å². The first-order valence-electron chi connectivity index (χ1n) is 7.22. The number of aryl methyl sites for hydroxylation is 2. The van der Waals surface area contributed by atoms with E-state index in [0.29, 0.717) is 0 Å². The van der Waals surface area contributed by atoms with Crippen LogP contribution >= 0.6 is 0 Å². The van der Waals surface area contributed by atoms with Gasteiger partial charge in [-0.15, -0.1) is 0 Å². The van der Waals surface area contributed by atoms with Gasteiger partial charge >= 0.3 is 0 Å². The van der Waals surface area contributed by atoms with Crippen molar-refractivity contribution in [2.24, 2.45) is 11.8 Å². The Morgan fingerprint density at radius 3 is 2.39 bits per heavy atom. The fourth-order valence-corrected chi connectivity index (χ4v) is 4.63. The van der Waals surface area contributed by atoms with E-state index in [0.717, 1.165) is 30.5 Å². The van der Waals surface area contributed by atoms with Gasteiger partial charge in [0.1, 0.15) is 0 Å². The summed E-state index contributed by atoms with van der Waals surface area (Å²) in [5, 5.41) is 11.0. The number of aromatic amines is 1. The fraction of sp³-hybridized carbons (Fsp3) is 0.786. The van der Waals surface area contributed by atoms with Crippen LogP contribution in [0.2, 0.25) is 0 Å². The zero-order chi connectivity index (χ0) is 12.3. The number of aromatic nitrogens is 2. The number of nitrogens with one attached hydrogen (secondary N) is 2. The predicted octanol–water partition coefficient (Wildman–Crippen LogP) is 1.21. The van der Waals surface area contributed by atoms with E-state index in [1.54, 1.807) is 0 Å². The molecule has 1 aromatic rings. The van der Waals surface area contributed by atoms with Crippen molar-refractivity contribution in [1.29, 1.82) is 0 Å². The fourth-order valence-electron chi connectivity index (χ4n) is 4.63. The summed E-state index contributed by atoms with van der Waals surface area (Å²) in [6, 6.07) is 1.65. The summed E-state index contributed by atoms with van der Waals surface area (Å²) in [4.78, 5) is 2.78. The predicted molar refractivity (Wildman–Crippen MR) is 70.3 cm³/mol. The third-order valence-corrected chi connectivity index (χ3v) is 5.53. The SMILES string of the molecule is Cc1n[nH]c(C)c1CN1[C@@H]2CC[C@H]1[C@H]1CNC[C@H]12.